The Bertz CT molecular complexity index is 1250. The number of amides is 2. The number of rotatable bonds is 9. The highest BCUT2D eigenvalue weighted by molar-refractivity contribution is 5.87. The first kappa shape index (κ1) is 31.1. The van der Waals surface area contributed by atoms with Crippen molar-refractivity contribution in [3.05, 3.63) is 53.4 Å². The van der Waals surface area contributed by atoms with Gasteiger partial charge in [-0.25, -0.2) is 9.79 Å². The molecule has 0 aliphatic rings. The molecule has 0 fully saturated rings. The molecule has 0 aromatic carbocycles. The lowest BCUT2D eigenvalue weighted by Gasteiger charge is -2.11. The number of nitrogens with one attached hydrogen (secondary N) is 2. The molecule has 18 heteroatoms. The maximum atomic E-state index is 13.3. The average molecular weight is 573 g/mol. The van der Waals surface area contributed by atoms with E-state index >= 15 is 0 Å². The van der Waals surface area contributed by atoms with Crippen LogP contribution in [0.25, 0.3) is 11.3 Å². The van der Waals surface area contributed by atoms with Gasteiger partial charge in [0.05, 0.1) is 41.8 Å². The summed E-state index contributed by atoms with van der Waals surface area (Å²) in [5.41, 5.74) is -1.78. The molecule has 0 spiro atoms. The van der Waals surface area contributed by atoms with Crippen molar-refractivity contribution in [3.8, 4) is 11.3 Å². The van der Waals surface area contributed by atoms with Crippen molar-refractivity contribution in [2.24, 2.45) is 12.0 Å². The molecule has 2 aromatic rings. The predicted molar refractivity (Wildman–Crippen MR) is 118 cm³/mol. The molecule has 0 aliphatic carbocycles. The average Bonchev–Trinajstić information content (AvgIpc) is 3.19. The van der Waals surface area contributed by atoms with Gasteiger partial charge in [0.15, 0.2) is 12.3 Å². The molecule has 214 valence electrons. The maximum Gasteiger partial charge on any atom is 0.435 e. The first-order valence-electron chi connectivity index (χ1n) is 10.5. The number of aliphatic imine (C=N–C) groups is 1. The molecule has 39 heavy (non-hydrogen) atoms. The van der Waals surface area contributed by atoms with Crippen LogP contribution < -0.4 is 10.6 Å². The number of alkyl halides is 9. The Morgan fingerprint density at radius 2 is 1.79 bits per heavy atom. The molecular formula is C21H20F9N7O2. The van der Waals surface area contributed by atoms with E-state index in [1.54, 1.807) is 0 Å². The Balaban J connectivity index is 2.09. The second kappa shape index (κ2) is 12.2. The van der Waals surface area contributed by atoms with Gasteiger partial charge in [-0.3, -0.25) is 4.68 Å². The van der Waals surface area contributed by atoms with Gasteiger partial charge in [0, 0.05) is 13.2 Å². The number of hydrogen-bond donors (Lipinski definition) is 2. The molecular weight excluding hydrogens is 553 g/mol. The summed E-state index contributed by atoms with van der Waals surface area (Å²) in [5.74, 6) is -0.777. The van der Waals surface area contributed by atoms with E-state index in [0.29, 0.717) is 12.3 Å². The van der Waals surface area contributed by atoms with Crippen LogP contribution in [0.2, 0.25) is 0 Å². The molecule has 9 nitrogen and oxygen atoms in total. The smallest absolute Gasteiger partial charge is 0.435 e. The number of nitrogens with zero attached hydrogens (tertiary/aromatic N) is 5. The molecule has 2 rings (SSSR count). The van der Waals surface area contributed by atoms with Gasteiger partial charge in [0.2, 0.25) is 5.88 Å². The van der Waals surface area contributed by atoms with E-state index in [4.69, 9.17) is 0 Å². The van der Waals surface area contributed by atoms with E-state index in [9.17, 15) is 44.3 Å². The van der Waals surface area contributed by atoms with Crippen molar-refractivity contribution in [2.75, 3.05) is 6.61 Å². The number of halogens is 9. The predicted octanol–water partition coefficient (Wildman–Crippen LogP) is 4.96. The van der Waals surface area contributed by atoms with Gasteiger partial charge < -0.3 is 15.4 Å². The Kier molecular flexibility index (Phi) is 9.70. The number of urea groups is 1. The molecule has 0 unspecified atom stereocenters. The quantitative estimate of drug-likeness (QED) is 0.251. The summed E-state index contributed by atoms with van der Waals surface area (Å²) in [6.07, 6.45) is -13.4. The Hall–Kier alpha value is -4.12. The van der Waals surface area contributed by atoms with Crippen molar-refractivity contribution < 1.29 is 49.0 Å². The highest BCUT2D eigenvalue weighted by atomic mass is 19.4. The molecule has 2 heterocycles. The van der Waals surface area contributed by atoms with Gasteiger partial charge in [0.1, 0.15) is 0 Å². The summed E-state index contributed by atoms with van der Waals surface area (Å²) in [6, 6.07) is 0.270. The van der Waals surface area contributed by atoms with E-state index in [0.717, 1.165) is 10.9 Å². The van der Waals surface area contributed by atoms with Crippen molar-refractivity contribution in [1.82, 2.24) is 30.6 Å². The Morgan fingerprint density at radius 3 is 2.36 bits per heavy atom. The van der Waals surface area contributed by atoms with Gasteiger partial charge in [-0.1, -0.05) is 6.08 Å². The highest BCUT2D eigenvalue weighted by Gasteiger charge is 2.38. The third-order valence-electron chi connectivity index (χ3n) is 4.38. The van der Waals surface area contributed by atoms with Crippen LogP contribution in [0.15, 0.2) is 41.5 Å². The Labute approximate surface area is 214 Å². The molecule has 0 bridgehead atoms. The highest BCUT2D eigenvalue weighted by Crippen LogP contribution is 2.36. The second-order valence-electron chi connectivity index (χ2n) is 7.77. The molecule has 2 aromatic heterocycles. The summed E-state index contributed by atoms with van der Waals surface area (Å²) in [4.78, 5) is 15.5. The molecule has 0 saturated heterocycles. The van der Waals surface area contributed by atoms with E-state index < -0.39 is 54.9 Å². The number of allylic oxidation sites excluding steroid dienone is 2. The van der Waals surface area contributed by atoms with Gasteiger partial charge in [-0.15, -0.1) is 5.10 Å². The molecule has 0 atom stereocenters. The number of hydrogen-bond acceptors (Lipinski definition) is 6. The maximum absolute atomic E-state index is 13.3. The van der Waals surface area contributed by atoms with E-state index in [-0.39, 0.29) is 29.1 Å². The molecule has 0 radical (unpaired) electrons. The van der Waals surface area contributed by atoms with Crippen LogP contribution in [0, 0.1) is 6.92 Å². The fraction of sp³-hybridized carbons (Fsp3) is 0.381. The summed E-state index contributed by atoms with van der Waals surface area (Å²) in [7, 11) is 1.30. The van der Waals surface area contributed by atoms with Crippen LogP contribution >= 0.6 is 0 Å². The van der Waals surface area contributed by atoms with Gasteiger partial charge in [-0.2, -0.15) is 49.7 Å². The first-order valence-corrected chi connectivity index (χ1v) is 10.5. The van der Waals surface area contributed by atoms with Gasteiger partial charge in [0.25, 0.3) is 0 Å². The van der Waals surface area contributed by atoms with Crippen LogP contribution in [-0.4, -0.2) is 51.2 Å². The first-order chi connectivity index (χ1) is 17.8. The topological polar surface area (TPSA) is 106 Å². The molecule has 2 N–H and O–H groups in total. The fourth-order valence-electron chi connectivity index (χ4n) is 2.82. The minimum Gasteiger partial charge on any atom is -0.468 e. The second-order valence-corrected chi connectivity index (χ2v) is 7.77. The summed E-state index contributed by atoms with van der Waals surface area (Å²) < 4.78 is 119. The number of aromatic nitrogens is 4. The molecule has 0 saturated carbocycles. The molecule has 2 amide bonds. The van der Waals surface area contributed by atoms with Crippen LogP contribution in [0.4, 0.5) is 44.3 Å². The van der Waals surface area contributed by atoms with Crippen molar-refractivity contribution in [3.63, 3.8) is 0 Å². The van der Waals surface area contributed by atoms with Crippen LogP contribution in [0.3, 0.4) is 0 Å². The largest absolute Gasteiger partial charge is 0.468 e. The number of aryl methyl sites for hydroxylation is 2. The van der Waals surface area contributed by atoms with E-state index in [1.807, 2.05) is 5.32 Å². The summed E-state index contributed by atoms with van der Waals surface area (Å²) >= 11 is 0. The number of ether oxygens (including phenoxy) is 1. The normalized spacial score (nSPS) is 13.1. The van der Waals surface area contributed by atoms with Gasteiger partial charge >= 0.3 is 24.6 Å². The third kappa shape index (κ3) is 10.6. The van der Waals surface area contributed by atoms with Crippen LogP contribution in [-0.2, 0) is 24.5 Å². The standard InChI is InChI=1S/C21H20F9N7O2/c1-11-6-14(34-35-16(11)15-9-37(3)36-17(15)21(28,29)30)8-32-18(38)33-13(4-5-19(22,23)24)7-31-12(2)39-10-20(25,26)27/h4,6-7,9H,2,5,8,10H2,1,3H3,(H2,32,33,38)/b13-4+,31-7?. The fourth-order valence-corrected chi connectivity index (χ4v) is 2.82. The monoisotopic (exact) mass is 573 g/mol. The lowest BCUT2D eigenvalue weighted by Crippen LogP contribution is -2.35. The van der Waals surface area contributed by atoms with E-state index in [1.165, 1.54) is 20.0 Å². The number of carbonyl (C=O) groups is 1. The Morgan fingerprint density at radius 1 is 1.13 bits per heavy atom. The lowest BCUT2D eigenvalue weighted by atomic mass is 10.1. The van der Waals surface area contributed by atoms with Crippen molar-refractivity contribution in [2.45, 2.75) is 38.4 Å². The van der Waals surface area contributed by atoms with E-state index in [2.05, 4.69) is 36.9 Å². The van der Waals surface area contributed by atoms with Crippen LogP contribution in [0.5, 0.6) is 0 Å². The minimum absolute atomic E-state index is 0.0901. The van der Waals surface area contributed by atoms with Crippen LogP contribution in [0.1, 0.15) is 23.4 Å². The van der Waals surface area contributed by atoms with Gasteiger partial charge in [-0.05, 0) is 25.1 Å². The zero-order valence-electron chi connectivity index (χ0n) is 20.1. The number of carbonyl (C=O) groups excluding carboxylic acids is 1. The zero-order chi connectivity index (χ0) is 29.6. The minimum atomic E-state index is -4.75. The summed E-state index contributed by atoms with van der Waals surface area (Å²) in [5, 5.41) is 15.2. The zero-order valence-corrected chi connectivity index (χ0v) is 20.1. The lowest BCUT2D eigenvalue weighted by molar-refractivity contribution is -0.164. The third-order valence-corrected chi connectivity index (χ3v) is 4.38. The van der Waals surface area contributed by atoms with Crippen molar-refractivity contribution >= 4 is 12.2 Å². The van der Waals surface area contributed by atoms with Crippen molar-refractivity contribution in [1.29, 1.82) is 0 Å². The summed E-state index contributed by atoms with van der Waals surface area (Å²) in [6.45, 7) is 2.43. The SMILES string of the molecule is C=C(N=C/C(=C\CC(F)(F)F)NC(=O)NCc1cc(C)c(-c2cn(C)nc2C(F)(F)F)nn1)OCC(F)(F)F. The molecule has 0 aliphatic heterocycles.